The van der Waals surface area contributed by atoms with Crippen molar-refractivity contribution in [1.82, 2.24) is 5.32 Å². The summed E-state index contributed by atoms with van der Waals surface area (Å²) in [5, 5.41) is 3.53. The largest absolute Gasteiger partial charge is 0.490 e. The van der Waals surface area contributed by atoms with Gasteiger partial charge in [0.1, 0.15) is 11.9 Å². The monoisotopic (exact) mass is 233 g/mol. The minimum atomic E-state index is 0.383. The molecular weight excluding hydrogens is 210 g/mol. The highest BCUT2D eigenvalue weighted by Crippen LogP contribution is 2.25. The lowest BCUT2D eigenvalue weighted by Gasteiger charge is -2.30. The van der Waals surface area contributed by atoms with Gasteiger partial charge in [-0.3, -0.25) is 0 Å². The maximum Gasteiger partial charge on any atom is 0.122 e. The third-order valence-electron chi connectivity index (χ3n) is 3.51. The smallest absolute Gasteiger partial charge is 0.122 e. The molecule has 0 radical (unpaired) electrons. The van der Waals surface area contributed by atoms with E-state index < -0.39 is 0 Å². The van der Waals surface area contributed by atoms with E-state index >= 15 is 0 Å². The van der Waals surface area contributed by atoms with Gasteiger partial charge < -0.3 is 10.1 Å². The minimum Gasteiger partial charge on any atom is -0.490 e. The first-order chi connectivity index (χ1) is 8.29. The number of para-hydroxylation sites is 1. The molecule has 2 rings (SSSR count). The van der Waals surface area contributed by atoms with Gasteiger partial charge in [0.2, 0.25) is 0 Å². The summed E-state index contributed by atoms with van der Waals surface area (Å²) in [6, 6.07) is 8.94. The topological polar surface area (TPSA) is 21.3 Å². The first kappa shape index (κ1) is 12.4. The summed E-state index contributed by atoms with van der Waals surface area (Å²) in [5.74, 6) is 1.05. The Morgan fingerprint density at radius 1 is 1.29 bits per heavy atom. The highest BCUT2D eigenvalue weighted by molar-refractivity contribution is 5.31. The zero-order chi connectivity index (χ0) is 12.1. The fourth-order valence-electron chi connectivity index (χ4n) is 2.59. The molecule has 0 bridgehead atoms. The molecule has 1 aliphatic carbocycles. The number of benzene rings is 1. The molecule has 1 N–H and O–H groups in total. The van der Waals surface area contributed by atoms with Crippen LogP contribution in [0.3, 0.4) is 0 Å². The Labute approximate surface area is 104 Å². The Hall–Kier alpha value is -1.02. The van der Waals surface area contributed by atoms with Crippen LogP contribution in [0.4, 0.5) is 0 Å². The third-order valence-corrected chi connectivity index (χ3v) is 3.51. The van der Waals surface area contributed by atoms with Gasteiger partial charge >= 0.3 is 0 Å². The quantitative estimate of drug-likeness (QED) is 0.861. The van der Waals surface area contributed by atoms with Gasteiger partial charge in [0.25, 0.3) is 0 Å². The second-order valence-corrected chi connectivity index (χ2v) is 4.93. The summed E-state index contributed by atoms with van der Waals surface area (Å²) in [7, 11) is 0. The van der Waals surface area contributed by atoms with Crippen LogP contribution >= 0.6 is 0 Å². The van der Waals surface area contributed by atoms with E-state index in [-0.39, 0.29) is 0 Å². The van der Waals surface area contributed by atoms with Crippen LogP contribution in [-0.2, 0) is 0 Å². The normalized spacial score (nSPS) is 24.6. The Morgan fingerprint density at radius 2 is 2.12 bits per heavy atom. The van der Waals surface area contributed by atoms with Gasteiger partial charge in [-0.1, -0.05) is 25.1 Å². The van der Waals surface area contributed by atoms with Crippen LogP contribution in [0.25, 0.3) is 0 Å². The van der Waals surface area contributed by atoms with Crippen molar-refractivity contribution >= 4 is 0 Å². The molecule has 2 atom stereocenters. The predicted octanol–water partition coefficient (Wildman–Crippen LogP) is 3.29. The van der Waals surface area contributed by atoms with Crippen LogP contribution in [0.5, 0.6) is 5.75 Å². The number of hydrogen-bond acceptors (Lipinski definition) is 2. The first-order valence-electron chi connectivity index (χ1n) is 6.75. The van der Waals surface area contributed by atoms with Crippen LogP contribution in [0, 0.1) is 6.92 Å². The number of aryl methyl sites for hydroxylation is 1. The Morgan fingerprint density at radius 3 is 2.88 bits per heavy atom. The van der Waals surface area contributed by atoms with Crippen molar-refractivity contribution in [2.75, 3.05) is 6.54 Å². The molecule has 1 fully saturated rings. The maximum atomic E-state index is 6.12. The molecule has 1 aromatic carbocycles. The maximum absolute atomic E-state index is 6.12. The van der Waals surface area contributed by atoms with E-state index in [1.807, 2.05) is 6.07 Å². The summed E-state index contributed by atoms with van der Waals surface area (Å²) in [6.45, 7) is 5.34. The number of nitrogens with one attached hydrogen (secondary N) is 1. The van der Waals surface area contributed by atoms with Crippen LogP contribution in [0.1, 0.15) is 38.2 Å². The van der Waals surface area contributed by atoms with Gasteiger partial charge in [-0.25, -0.2) is 0 Å². The average molecular weight is 233 g/mol. The van der Waals surface area contributed by atoms with Gasteiger partial charge in [-0.05, 0) is 50.8 Å². The lowest BCUT2D eigenvalue weighted by Crippen LogP contribution is -2.38. The molecule has 1 aromatic rings. The van der Waals surface area contributed by atoms with Gasteiger partial charge in [-0.2, -0.15) is 0 Å². The van der Waals surface area contributed by atoms with Crippen molar-refractivity contribution in [3.05, 3.63) is 29.8 Å². The van der Waals surface area contributed by atoms with E-state index in [9.17, 15) is 0 Å². The van der Waals surface area contributed by atoms with Crippen molar-refractivity contribution in [2.24, 2.45) is 0 Å². The molecule has 2 unspecified atom stereocenters. The van der Waals surface area contributed by atoms with E-state index in [4.69, 9.17) is 4.74 Å². The van der Waals surface area contributed by atoms with Crippen LogP contribution in [0.2, 0.25) is 0 Å². The SMILES string of the molecule is CCNC1CCCC(Oc2ccccc2C)C1. The molecule has 0 aromatic heterocycles. The summed E-state index contributed by atoms with van der Waals surface area (Å²) >= 11 is 0. The zero-order valence-electron chi connectivity index (χ0n) is 10.9. The summed E-state index contributed by atoms with van der Waals surface area (Å²) in [4.78, 5) is 0. The lowest BCUT2D eigenvalue weighted by molar-refractivity contribution is 0.134. The van der Waals surface area contributed by atoms with Crippen LogP contribution in [0.15, 0.2) is 24.3 Å². The van der Waals surface area contributed by atoms with Crippen LogP contribution in [-0.4, -0.2) is 18.7 Å². The summed E-state index contributed by atoms with van der Waals surface area (Å²) in [6.07, 6.45) is 5.28. The summed E-state index contributed by atoms with van der Waals surface area (Å²) in [5.41, 5.74) is 1.23. The molecule has 0 aliphatic heterocycles. The van der Waals surface area contributed by atoms with E-state index in [0.29, 0.717) is 12.1 Å². The van der Waals surface area contributed by atoms with E-state index in [2.05, 4.69) is 37.4 Å². The van der Waals surface area contributed by atoms with E-state index in [1.165, 1.54) is 24.8 Å². The standard InChI is InChI=1S/C15H23NO/c1-3-16-13-8-6-9-14(11-13)17-15-10-5-4-7-12(15)2/h4-5,7,10,13-14,16H,3,6,8-9,11H2,1-2H3. The van der Waals surface area contributed by atoms with Crippen molar-refractivity contribution in [3.63, 3.8) is 0 Å². The first-order valence-corrected chi connectivity index (χ1v) is 6.75. The van der Waals surface area contributed by atoms with E-state index in [1.54, 1.807) is 0 Å². The molecule has 0 amide bonds. The average Bonchev–Trinajstić information content (AvgIpc) is 2.33. The van der Waals surface area contributed by atoms with Gasteiger partial charge in [0.05, 0.1) is 0 Å². The Balaban J connectivity index is 1.92. The van der Waals surface area contributed by atoms with Crippen molar-refractivity contribution in [3.8, 4) is 5.75 Å². The Bertz CT molecular complexity index is 349. The van der Waals surface area contributed by atoms with Crippen LogP contribution < -0.4 is 10.1 Å². The highest BCUT2D eigenvalue weighted by atomic mass is 16.5. The highest BCUT2D eigenvalue weighted by Gasteiger charge is 2.22. The van der Waals surface area contributed by atoms with Gasteiger partial charge in [-0.15, -0.1) is 0 Å². The molecule has 0 heterocycles. The number of rotatable bonds is 4. The zero-order valence-corrected chi connectivity index (χ0v) is 10.9. The van der Waals surface area contributed by atoms with Crippen molar-refractivity contribution < 1.29 is 4.74 Å². The molecule has 1 saturated carbocycles. The molecule has 17 heavy (non-hydrogen) atoms. The summed E-state index contributed by atoms with van der Waals surface area (Å²) < 4.78 is 6.12. The Kier molecular flexibility index (Phi) is 4.43. The third kappa shape index (κ3) is 3.47. The lowest BCUT2D eigenvalue weighted by atomic mass is 9.93. The molecule has 0 spiro atoms. The number of ether oxygens (including phenoxy) is 1. The molecule has 0 saturated heterocycles. The fourth-order valence-corrected chi connectivity index (χ4v) is 2.59. The number of hydrogen-bond donors (Lipinski definition) is 1. The molecule has 1 aliphatic rings. The molecule has 2 nitrogen and oxygen atoms in total. The molecule has 94 valence electrons. The predicted molar refractivity (Wildman–Crippen MR) is 71.5 cm³/mol. The van der Waals surface area contributed by atoms with Crippen molar-refractivity contribution in [1.29, 1.82) is 0 Å². The molecular formula is C15H23NO. The second kappa shape index (κ2) is 6.06. The second-order valence-electron chi connectivity index (χ2n) is 4.93. The van der Waals surface area contributed by atoms with E-state index in [0.717, 1.165) is 18.7 Å². The fraction of sp³-hybridized carbons (Fsp3) is 0.600. The van der Waals surface area contributed by atoms with Crippen molar-refractivity contribution in [2.45, 2.75) is 51.7 Å². The van der Waals surface area contributed by atoms with Gasteiger partial charge in [0.15, 0.2) is 0 Å². The molecule has 2 heteroatoms. The van der Waals surface area contributed by atoms with Gasteiger partial charge in [0, 0.05) is 6.04 Å². The minimum absolute atomic E-state index is 0.383.